The number of hydrogen-bond acceptors (Lipinski definition) is 3. The van der Waals surface area contributed by atoms with Crippen LogP contribution in [0.15, 0.2) is 0 Å². The zero-order chi connectivity index (χ0) is 7.28. The molecule has 2 N–H and O–H groups in total. The van der Waals surface area contributed by atoms with Crippen LogP contribution in [0.5, 0.6) is 0 Å². The fourth-order valence-corrected chi connectivity index (χ4v) is 0.498. The summed E-state index contributed by atoms with van der Waals surface area (Å²) in [5.41, 5.74) is 5.14. The molecule has 0 radical (unpaired) electrons. The molecule has 3 nitrogen and oxygen atoms in total. The van der Waals surface area contributed by atoms with Gasteiger partial charge in [-0.05, 0) is 6.92 Å². The second-order valence-electron chi connectivity index (χ2n) is 1.63. The first-order valence-electron chi connectivity index (χ1n) is 2.68. The molecule has 9 heavy (non-hydrogen) atoms. The lowest BCUT2D eigenvalue weighted by Gasteiger charge is -2.05. The van der Waals surface area contributed by atoms with Crippen LogP contribution >= 0.6 is 11.6 Å². The third kappa shape index (κ3) is 5.59. The van der Waals surface area contributed by atoms with E-state index >= 15 is 0 Å². The number of alkyl halides is 1. The minimum Gasteiger partial charge on any atom is -0.447 e. The normalized spacial score (nSPS) is 12.8. The van der Waals surface area contributed by atoms with Crippen LogP contribution in [-0.2, 0) is 9.53 Å². The lowest BCUT2D eigenvalue weighted by Crippen LogP contribution is -2.23. The zero-order valence-corrected chi connectivity index (χ0v) is 6.02. The van der Waals surface area contributed by atoms with E-state index < -0.39 is 6.23 Å². The Kier molecular flexibility index (Phi) is 4.44. The van der Waals surface area contributed by atoms with Gasteiger partial charge in [0.15, 0.2) is 0 Å². The van der Waals surface area contributed by atoms with Crippen LogP contribution in [0.1, 0.15) is 13.3 Å². The molecule has 0 aliphatic carbocycles. The highest BCUT2D eigenvalue weighted by atomic mass is 35.5. The molecule has 0 aromatic heterocycles. The van der Waals surface area contributed by atoms with Crippen molar-refractivity contribution in [1.82, 2.24) is 0 Å². The van der Waals surface area contributed by atoms with E-state index in [1.54, 1.807) is 6.92 Å². The van der Waals surface area contributed by atoms with E-state index in [1.807, 2.05) is 0 Å². The van der Waals surface area contributed by atoms with Gasteiger partial charge in [0.05, 0.1) is 6.42 Å². The zero-order valence-electron chi connectivity index (χ0n) is 5.26. The van der Waals surface area contributed by atoms with Crippen molar-refractivity contribution < 1.29 is 9.53 Å². The van der Waals surface area contributed by atoms with Crippen molar-refractivity contribution >= 4 is 17.6 Å². The summed E-state index contributed by atoms with van der Waals surface area (Å²) >= 11 is 5.24. The molecular formula is C5H10ClNO2. The Labute approximate surface area is 59.1 Å². The topological polar surface area (TPSA) is 52.3 Å². The van der Waals surface area contributed by atoms with E-state index in [2.05, 4.69) is 4.74 Å². The molecule has 0 rings (SSSR count). The highest BCUT2D eigenvalue weighted by Gasteiger charge is 2.02. The maximum Gasteiger partial charge on any atom is 0.308 e. The number of carbonyl (C=O) groups is 1. The van der Waals surface area contributed by atoms with Gasteiger partial charge in [-0.2, -0.15) is 0 Å². The average molecular weight is 152 g/mol. The molecule has 0 saturated heterocycles. The molecule has 0 spiro atoms. The van der Waals surface area contributed by atoms with E-state index in [9.17, 15) is 4.79 Å². The number of hydrogen-bond donors (Lipinski definition) is 1. The highest BCUT2D eigenvalue weighted by molar-refractivity contribution is 6.18. The first-order valence-corrected chi connectivity index (χ1v) is 3.21. The number of carbonyl (C=O) groups excluding carboxylic acids is 1. The maximum absolute atomic E-state index is 10.5. The molecule has 0 aromatic carbocycles. The average Bonchev–Trinajstić information content (AvgIpc) is 1.63. The molecule has 1 atom stereocenters. The Morgan fingerprint density at radius 3 is 2.78 bits per heavy atom. The Bertz CT molecular complexity index is 95.0. The van der Waals surface area contributed by atoms with Gasteiger partial charge < -0.3 is 4.74 Å². The molecule has 0 heterocycles. The molecule has 0 fully saturated rings. The maximum atomic E-state index is 10.5. The van der Waals surface area contributed by atoms with Crippen LogP contribution in [-0.4, -0.2) is 18.1 Å². The van der Waals surface area contributed by atoms with Crippen LogP contribution in [0.4, 0.5) is 0 Å². The Balaban J connectivity index is 3.27. The monoisotopic (exact) mass is 151 g/mol. The van der Waals surface area contributed by atoms with Crippen LogP contribution in [0, 0.1) is 0 Å². The fraction of sp³-hybridized carbons (Fsp3) is 0.800. The van der Waals surface area contributed by atoms with Crippen molar-refractivity contribution in [3.05, 3.63) is 0 Å². The second-order valence-corrected chi connectivity index (χ2v) is 2.01. The first-order chi connectivity index (χ1) is 4.16. The van der Waals surface area contributed by atoms with Crippen molar-refractivity contribution in [3.63, 3.8) is 0 Å². The first kappa shape index (κ1) is 8.72. The van der Waals surface area contributed by atoms with Crippen molar-refractivity contribution in [2.45, 2.75) is 19.6 Å². The van der Waals surface area contributed by atoms with Crippen LogP contribution in [0.2, 0.25) is 0 Å². The van der Waals surface area contributed by atoms with Crippen molar-refractivity contribution in [2.24, 2.45) is 5.73 Å². The van der Waals surface area contributed by atoms with E-state index in [0.29, 0.717) is 0 Å². The van der Waals surface area contributed by atoms with Crippen molar-refractivity contribution in [1.29, 1.82) is 0 Å². The molecule has 4 heteroatoms. The second kappa shape index (κ2) is 4.58. The van der Waals surface area contributed by atoms with Gasteiger partial charge in [-0.25, -0.2) is 0 Å². The van der Waals surface area contributed by atoms with Gasteiger partial charge in [-0.15, -0.1) is 11.6 Å². The Hall–Kier alpha value is -0.280. The van der Waals surface area contributed by atoms with Gasteiger partial charge in [0.1, 0.15) is 6.23 Å². The largest absolute Gasteiger partial charge is 0.447 e. The number of ether oxygens (including phenoxy) is 1. The SMILES string of the molecule is CC(N)OC(=O)CCCl. The van der Waals surface area contributed by atoms with Crippen LogP contribution < -0.4 is 5.73 Å². The van der Waals surface area contributed by atoms with Crippen LogP contribution in [0.3, 0.4) is 0 Å². The van der Waals surface area contributed by atoms with Gasteiger partial charge in [0.25, 0.3) is 0 Å². The molecule has 0 amide bonds. The summed E-state index contributed by atoms with van der Waals surface area (Å²) in [6.45, 7) is 1.59. The highest BCUT2D eigenvalue weighted by Crippen LogP contribution is 1.90. The predicted molar refractivity (Wildman–Crippen MR) is 35.1 cm³/mol. The lowest BCUT2D eigenvalue weighted by atomic mass is 10.5. The number of rotatable bonds is 3. The fourth-order valence-electron chi connectivity index (χ4n) is 0.343. The Morgan fingerprint density at radius 1 is 1.89 bits per heavy atom. The minimum absolute atomic E-state index is 0.225. The summed E-state index contributed by atoms with van der Waals surface area (Å²) in [6.07, 6.45) is -0.302. The number of nitrogens with two attached hydrogens (primary N) is 1. The molecule has 0 aliphatic rings. The summed E-state index contributed by atoms with van der Waals surface area (Å²) in [5.74, 6) is -0.0639. The predicted octanol–water partition coefficient (Wildman–Crippen LogP) is 0.463. The minimum atomic E-state index is -0.527. The van der Waals surface area contributed by atoms with Gasteiger partial charge in [-0.3, -0.25) is 10.5 Å². The summed E-state index contributed by atoms with van der Waals surface area (Å²) in [7, 11) is 0. The number of esters is 1. The smallest absolute Gasteiger partial charge is 0.308 e. The molecule has 0 bridgehead atoms. The molecule has 0 aliphatic heterocycles. The van der Waals surface area contributed by atoms with Crippen LogP contribution in [0.25, 0.3) is 0 Å². The molecule has 1 unspecified atom stereocenters. The third-order valence-electron chi connectivity index (χ3n) is 0.616. The quantitative estimate of drug-likeness (QED) is 0.362. The van der Waals surface area contributed by atoms with Gasteiger partial charge >= 0.3 is 5.97 Å². The standard InChI is InChI=1S/C5H10ClNO2/c1-4(7)9-5(8)2-3-6/h4H,2-3,7H2,1H3. The molecule has 54 valence electrons. The summed E-state index contributed by atoms with van der Waals surface area (Å²) in [4.78, 5) is 10.5. The summed E-state index contributed by atoms with van der Waals surface area (Å²) in [6, 6.07) is 0. The molecule has 0 saturated carbocycles. The Morgan fingerprint density at radius 2 is 2.44 bits per heavy atom. The van der Waals surface area contributed by atoms with Crippen molar-refractivity contribution in [3.8, 4) is 0 Å². The van der Waals surface area contributed by atoms with E-state index in [0.717, 1.165) is 0 Å². The van der Waals surface area contributed by atoms with Gasteiger partial charge in [-0.1, -0.05) is 0 Å². The summed E-state index contributed by atoms with van der Waals surface area (Å²) in [5, 5.41) is 0. The molecule has 0 aromatic rings. The number of halogens is 1. The van der Waals surface area contributed by atoms with Gasteiger partial charge in [0.2, 0.25) is 0 Å². The third-order valence-corrected chi connectivity index (χ3v) is 0.805. The lowest BCUT2D eigenvalue weighted by molar-refractivity contribution is -0.147. The molecular weight excluding hydrogens is 142 g/mol. The van der Waals surface area contributed by atoms with E-state index in [-0.39, 0.29) is 18.3 Å². The van der Waals surface area contributed by atoms with Crippen molar-refractivity contribution in [2.75, 3.05) is 5.88 Å². The van der Waals surface area contributed by atoms with Gasteiger partial charge in [0, 0.05) is 5.88 Å². The van der Waals surface area contributed by atoms with E-state index in [4.69, 9.17) is 17.3 Å². The summed E-state index contributed by atoms with van der Waals surface area (Å²) < 4.78 is 4.54. The van der Waals surface area contributed by atoms with E-state index in [1.165, 1.54) is 0 Å².